The van der Waals surface area contributed by atoms with Gasteiger partial charge in [-0.3, -0.25) is 10.1 Å². The van der Waals surface area contributed by atoms with E-state index in [1.54, 1.807) is 20.8 Å². The molecule has 2 aromatic rings. The standard InChI is InChI=1S/C21H26FN3O6S/c1-13(25-32(28,29)18-9-7-6-8-15(18)22)19(26)23-14-10-11-17(30-5)16(12-14)24-20(27)31-21(2,3)4/h6-13,25H,1-5H3,(H,23,26)(H,24,27)/t13-/m0/s1. The molecule has 0 saturated heterocycles. The van der Waals surface area contributed by atoms with Crippen LogP contribution in [0, 0.1) is 5.82 Å². The van der Waals surface area contributed by atoms with Crippen LogP contribution in [0.15, 0.2) is 47.4 Å². The normalized spacial score (nSPS) is 12.6. The van der Waals surface area contributed by atoms with Crippen molar-refractivity contribution in [3.8, 4) is 5.75 Å². The highest BCUT2D eigenvalue weighted by Crippen LogP contribution is 2.28. The largest absolute Gasteiger partial charge is 0.495 e. The summed E-state index contributed by atoms with van der Waals surface area (Å²) in [6.45, 7) is 6.45. The molecule has 2 amide bonds. The van der Waals surface area contributed by atoms with Crippen LogP contribution >= 0.6 is 0 Å². The molecule has 174 valence electrons. The molecular formula is C21H26FN3O6S. The summed E-state index contributed by atoms with van der Waals surface area (Å²) < 4.78 is 51.1. The monoisotopic (exact) mass is 467 g/mol. The van der Waals surface area contributed by atoms with E-state index in [9.17, 15) is 22.4 Å². The Morgan fingerprint density at radius 2 is 1.72 bits per heavy atom. The lowest BCUT2D eigenvalue weighted by atomic mass is 10.2. The number of benzene rings is 2. The van der Waals surface area contributed by atoms with E-state index >= 15 is 0 Å². The maximum Gasteiger partial charge on any atom is 0.412 e. The van der Waals surface area contributed by atoms with Gasteiger partial charge in [0, 0.05) is 5.69 Å². The minimum atomic E-state index is -4.26. The van der Waals surface area contributed by atoms with Crippen LogP contribution in [0.5, 0.6) is 5.75 Å². The van der Waals surface area contributed by atoms with Gasteiger partial charge in [0.1, 0.15) is 22.1 Å². The number of carbonyl (C=O) groups is 2. The van der Waals surface area contributed by atoms with Crippen LogP contribution in [0.1, 0.15) is 27.7 Å². The third kappa shape index (κ3) is 6.92. The van der Waals surface area contributed by atoms with Crippen molar-refractivity contribution in [3.05, 3.63) is 48.3 Å². The maximum atomic E-state index is 13.8. The van der Waals surface area contributed by atoms with Crippen molar-refractivity contribution in [3.63, 3.8) is 0 Å². The van der Waals surface area contributed by atoms with Gasteiger partial charge in [-0.2, -0.15) is 4.72 Å². The Morgan fingerprint density at radius 3 is 2.31 bits per heavy atom. The third-order valence-electron chi connectivity index (χ3n) is 3.95. The minimum absolute atomic E-state index is 0.235. The van der Waals surface area contributed by atoms with Crippen LogP contribution in [-0.2, 0) is 19.6 Å². The van der Waals surface area contributed by atoms with Crippen molar-refractivity contribution in [1.82, 2.24) is 4.72 Å². The van der Waals surface area contributed by atoms with Crippen molar-refractivity contribution in [2.75, 3.05) is 17.7 Å². The second-order valence-electron chi connectivity index (χ2n) is 7.80. The van der Waals surface area contributed by atoms with Crippen LogP contribution in [0.2, 0.25) is 0 Å². The molecule has 0 aliphatic carbocycles. The molecule has 11 heteroatoms. The lowest BCUT2D eigenvalue weighted by Gasteiger charge is -2.20. The number of anilines is 2. The molecule has 0 aliphatic rings. The SMILES string of the molecule is COc1ccc(NC(=O)[C@H](C)NS(=O)(=O)c2ccccc2F)cc1NC(=O)OC(C)(C)C. The summed E-state index contributed by atoms with van der Waals surface area (Å²) in [6, 6.07) is 8.07. The van der Waals surface area contributed by atoms with Gasteiger partial charge in [0.2, 0.25) is 15.9 Å². The summed E-state index contributed by atoms with van der Waals surface area (Å²) in [7, 11) is -2.85. The van der Waals surface area contributed by atoms with E-state index in [1.807, 2.05) is 0 Å². The molecule has 1 atom stereocenters. The Kier molecular flexibility index (Phi) is 7.81. The smallest absolute Gasteiger partial charge is 0.412 e. The summed E-state index contributed by atoms with van der Waals surface area (Å²) >= 11 is 0. The Hall–Kier alpha value is -3.18. The number of nitrogens with one attached hydrogen (secondary N) is 3. The van der Waals surface area contributed by atoms with Crippen LogP contribution in [0.3, 0.4) is 0 Å². The Labute approximate surface area is 186 Å². The highest BCUT2D eigenvalue weighted by molar-refractivity contribution is 7.89. The summed E-state index contributed by atoms with van der Waals surface area (Å²) in [6.07, 6.45) is -0.717. The molecular weight excluding hydrogens is 441 g/mol. The van der Waals surface area contributed by atoms with Crippen LogP contribution in [0.25, 0.3) is 0 Å². The highest BCUT2D eigenvalue weighted by Gasteiger charge is 2.25. The van der Waals surface area contributed by atoms with E-state index in [1.165, 1.54) is 44.4 Å². The first-order chi connectivity index (χ1) is 14.8. The van der Waals surface area contributed by atoms with Gasteiger partial charge in [0.15, 0.2) is 0 Å². The van der Waals surface area contributed by atoms with Gasteiger partial charge in [0.25, 0.3) is 0 Å². The zero-order valence-corrected chi connectivity index (χ0v) is 19.2. The molecule has 0 saturated carbocycles. The molecule has 0 spiro atoms. The first-order valence-corrected chi connectivity index (χ1v) is 11.1. The Bertz CT molecular complexity index is 1100. The molecule has 0 bridgehead atoms. The molecule has 0 aliphatic heterocycles. The maximum absolute atomic E-state index is 13.8. The quantitative estimate of drug-likeness (QED) is 0.573. The van der Waals surface area contributed by atoms with E-state index in [-0.39, 0.29) is 11.4 Å². The van der Waals surface area contributed by atoms with E-state index in [2.05, 4.69) is 15.4 Å². The molecule has 0 fully saturated rings. The number of methoxy groups -OCH3 is 1. The number of rotatable bonds is 7. The molecule has 0 heterocycles. The van der Waals surface area contributed by atoms with Gasteiger partial charge in [0.05, 0.1) is 18.8 Å². The molecule has 3 N–H and O–H groups in total. The number of ether oxygens (including phenoxy) is 2. The number of hydrogen-bond donors (Lipinski definition) is 3. The van der Waals surface area contributed by atoms with Crippen molar-refractivity contribution in [2.24, 2.45) is 0 Å². The molecule has 2 rings (SSSR count). The zero-order chi connectivity index (χ0) is 24.1. The third-order valence-corrected chi connectivity index (χ3v) is 5.53. The molecule has 32 heavy (non-hydrogen) atoms. The average molecular weight is 468 g/mol. The van der Waals surface area contributed by atoms with Crippen molar-refractivity contribution in [2.45, 2.75) is 44.2 Å². The first kappa shape index (κ1) is 25.1. The van der Waals surface area contributed by atoms with Gasteiger partial charge in [-0.15, -0.1) is 0 Å². The van der Waals surface area contributed by atoms with Gasteiger partial charge < -0.3 is 14.8 Å². The number of amides is 2. The second kappa shape index (κ2) is 9.96. The van der Waals surface area contributed by atoms with Gasteiger partial charge in [-0.1, -0.05) is 12.1 Å². The van der Waals surface area contributed by atoms with E-state index < -0.39 is 44.4 Å². The Morgan fingerprint density at radius 1 is 1.06 bits per heavy atom. The van der Waals surface area contributed by atoms with Gasteiger partial charge in [-0.05, 0) is 58.0 Å². The molecule has 2 aromatic carbocycles. The lowest BCUT2D eigenvalue weighted by molar-refractivity contribution is -0.117. The van der Waals surface area contributed by atoms with Crippen molar-refractivity contribution < 1.29 is 31.9 Å². The number of halogens is 1. The lowest BCUT2D eigenvalue weighted by Crippen LogP contribution is -2.41. The molecule has 0 aromatic heterocycles. The second-order valence-corrected chi connectivity index (χ2v) is 9.49. The fourth-order valence-electron chi connectivity index (χ4n) is 2.56. The van der Waals surface area contributed by atoms with Gasteiger partial charge >= 0.3 is 6.09 Å². The van der Waals surface area contributed by atoms with Crippen molar-refractivity contribution >= 4 is 33.4 Å². The first-order valence-electron chi connectivity index (χ1n) is 9.58. The topological polar surface area (TPSA) is 123 Å². The van der Waals surface area contributed by atoms with E-state index in [4.69, 9.17) is 9.47 Å². The summed E-state index contributed by atoms with van der Waals surface area (Å²) in [4.78, 5) is 24.0. The molecule has 0 unspecified atom stereocenters. The molecule has 0 radical (unpaired) electrons. The number of carbonyl (C=O) groups excluding carboxylic acids is 2. The fraction of sp³-hybridized carbons (Fsp3) is 0.333. The molecule has 9 nitrogen and oxygen atoms in total. The van der Waals surface area contributed by atoms with Crippen LogP contribution < -0.4 is 20.1 Å². The van der Waals surface area contributed by atoms with Gasteiger partial charge in [-0.25, -0.2) is 17.6 Å². The summed E-state index contributed by atoms with van der Waals surface area (Å²) in [5, 5.41) is 5.07. The van der Waals surface area contributed by atoms with Crippen molar-refractivity contribution in [1.29, 1.82) is 0 Å². The predicted molar refractivity (Wildman–Crippen MR) is 118 cm³/mol. The predicted octanol–water partition coefficient (Wildman–Crippen LogP) is 3.49. The zero-order valence-electron chi connectivity index (χ0n) is 18.4. The number of hydrogen-bond acceptors (Lipinski definition) is 6. The summed E-state index contributed by atoms with van der Waals surface area (Å²) in [5.41, 5.74) is -0.216. The van der Waals surface area contributed by atoms with Crippen LogP contribution in [-0.4, -0.2) is 39.2 Å². The minimum Gasteiger partial charge on any atom is -0.495 e. The Balaban J connectivity index is 2.13. The van der Waals surface area contributed by atoms with E-state index in [0.717, 1.165) is 12.1 Å². The highest BCUT2D eigenvalue weighted by atomic mass is 32.2. The van der Waals surface area contributed by atoms with Crippen LogP contribution in [0.4, 0.5) is 20.6 Å². The average Bonchev–Trinajstić information content (AvgIpc) is 2.66. The summed E-state index contributed by atoms with van der Waals surface area (Å²) in [5.74, 6) is -1.30. The number of sulfonamides is 1. The fourth-order valence-corrected chi connectivity index (χ4v) is 3.84. The van der Waals surface area contributed by atoms with E-state index in [0.29, 0.717) is 5.75 Å².